The molecule has 1 heterocycles. The number of rotatable bonds is 10. The van der Waals surface area contributed by atoms with Crippen LogP contribution in [-0.4, -0.2) is 18.2 Å². The highest BCUT2D eigenvalue weighted by Crippen LogP contribution is 2.34. The van der Waals surface area contributed by atoms with Gasteiger partial charge < -0.3 is 9.47 Å². The largest absolute Gasteiger partial charge is 0.483 e. The quantitative estimate of drug-likeness (QED) is 0.416. The van der Waals surface area contributed by atoms with Gasteiger partial charge in [0.05, 0.1) is 18.2 Å². The number of carbonyl (C=O) groups is 1. The Hall–Kier alpha value is -2.28. The molecule has 0 fully saturated rings. The predicted octanol–water partition coefficient (Wildman–Crippen LogP) is 5.41. The van der Waals surface area contributed by atoms with Gasteiger partial charge in [-0.1, -0.05) is 31.8 Å². The summed E-state index contributed by atoms with van der Waals surface area (Å²) in [6, 6.07) is 7.71. The zero-order valence-corrected chi connectivity index (χ0v) is 15.9. The molecule has 0 bridgehead atoms. The third kappa shape index (κ3) is 6.22. The van der Waals surface area contributed by atoms with E-state index in [4.69, 9.17) is 14.7 Å². The molecule has 0 aliphatic carbocycles. The van der Waals surface area contributed by atoms with Crippen molar-refractivity contribution in [1.29, 1.82) is 5.26 Å². The molecule has 1 aliphatic rings. The minimum atomic E-state index is -0.273. The number of fused-ring (bicyclic) bond motifs is 1. The van der Waals surface area contributed by atoms with Crippen molar-refractivity contribution < 1.29 is 14.3 Å². The van der Waals surface area contributed by atoms with E-state index in [9.17, 15) is 4.79 Å². The van der Waals surface area contributed by atoms with Crippen molar-refractivity contribution in [2.24, 2.45) is 0 Å². The first kappa shape index (κ1) is 20.0. The Morgan fingerprint density at radius 1 is 1.19 bits per heavy atom. The molecule has 1 aliphatic heterocycles. The summed E-state index contributed by atoms with van der Waals surface area (Å²) >= 11 is 0. The molecule has 0 saturated carbocycles. The third-order valence-electron chi connectivity index (χ3n) is 4.71. The van der Waals surface area contributed by atoms with Crippen molar-refractivity contribution in [1.82, 2.24) is 0 Å². The Morgan fingerprint density at radius 3 is 2.65 bits per heavy atom. The van der Waals surface area contributed by atoms with Crippen LogP contribution in [-0.2, 0) is 9.53 Å². The molecule has 0 amide bonds. The molecule has 0 aromatic heterocycles. The fraction of sp³-hybridized carbons (Fsp3) is 0.545. The number of hydrogen-bond donors (Lipinski definition) is 0. The van der Waals surface area contributed by atoms with Crippen molar-refractivity contribution in [3.05, 3.63) is 35.4 Å². The van der Waals surface area contributed by atoms with Gasteiger partial charge in [0.2, 0.25) is 0 Å². The lowest BCUT2D eigenvalue weighted by Crippen LogP contribution is -2.31. The van der Waals surface area contributed by atoms with E-state index in [1.165, 1.54) is 12.8 Å². The summed E-state index contributed by atoms with van der Waals surface area (Å²) in [5, 5.41) is 8.98. The van der Waals surface area contributed by atoms with Gasteiger partial charge in [-0.2, -0.15) is 5.26 Å². The Bertz CT molecular complexity index is 674. The zero-order chi connectivity index (χ0) is 18.8. The number of benzene rings is 1. The lowest BCUT2D eigenvalue weighted by atomic mass is 9.93. The van der Waals surface area contributed by atoms with Gasteiger partial charge >= 0.3 is 5.97 Å². The van der Waals surface area contributed by atoms with Crippen molar-refractivity contribution in [3.63, 3.8) is 0 Å². The molecule has 4 nitrogen and oxygen atoms in total. The molecule has 140 valence electrons. The van der Waals surface area contributed by atoms with Crippen LogP contribution in [0.3, 0.4) is 0 Å². The van der Waals surface area contributed by atoms with Crippen LogP contribution in [0.25, 0.3) is 6.08 Å². The van der Waals surface area contributed by atoms with Gasteiger partial charge in [0.1, 0.15) is 11.4 Å². The summed E-state index contributed by atoms with van der Waals surface area (Å²) in [7, 11) is 0. The lowest BCUT2D eigenvalue weighted by molar-refractivity contribution is -0.143. The number of carbonyl (C=O) groups excluding carboxylic acids is 1. The van der Waals surface area contributed by atoms with Gasteiger partial charge in [0.15, 0.2) is 0 Å². The van der Waals surface area contributed by atoms with Gasteiger partial charge in [0, 0.05) is 12.0 Å². The van der Waals surface area contributed by atoms with E-state index in [-0.39, 0.29) is 11.6 Å². The predicted molar refractivity (Wildman–Crippen MR) is 103 cm³/mol. The Labute approximate surface area is 156 Å². The van der Waals surface area contributed by atoms with Gasteiger partial charge in [-0.3, -0.25) is 4.79 Å². The number of esters is 1. The van der Waals surface area contributed by atoms with Crippen LogP contribution in [0.4, 0.5) is 0 Å². The first-order valence-corrected chi connectivity index (χ1v) is 9.64. The molecule has 1 atom stereocenters. The first-order chi connectivity index (χ1) is 12.6. The molecule has 26 heavy (non-hydrogen) atoms. The van der Waals surface area contributed by atoms with Gasteiger partial charge in [-0.15, -0.1) is 0 Å². The van der Waals surface area contributed by atoms with E-state index in [2.05, 4.69) is 25.1 Å². The van der Waals surface area contributed by atoms with E-state index in [0.717, 1.165) is 43.4 Å². The van der Waals surface area contributed by atoms with Crippen LogP contribution in [0.5, 0.6) is 5.75 Å². The Morgan fingerprint density at radius 2 is 1.92 bits per heavy atom. The monoisotopic (exact) mass is 355 g/mol. The topological polar surface area (TPSA) is 59.3 Å². The SMILES string of the molecule is CCOC(=O)CCCCCCCCC1(C)C=Cc2cc(C#N)ccc2O1. The van der Waals surface area contributed by atoms with Crippen LogP contribution >= 0.6 is 0 Å². The van der Waals surface area contributed by atoms with E-state index in [0.29, 0.717) is 18.6 Å². The van der Waals surface area contributed by atoms with Crippen molar-refractivity contribution in [3.8, 4) is 11.8 Å². The maximum Gasteiger partial charge on any atom is 0.305 e. The number of nitriles is 1. The summed E-state index contributed by atoms with van der Waals surface area (Å²) in [6.45, 7) is 4.42. The average Bonchev–Trinajstić information content (AvgIpc) is 2.63. The molecule has 2 rings (SSSR count). The van der Waals surface area contributed by atoms with Crippen LogP contribution in [0.15, 0.2) is 24.3 Å². The molecule has 1 aromatic carbocycles. The van der Waals surface area contributed by atoms with Crippen molar-refractivity contribution in [2.45, 2.75) is 70.8 Å². The van der Waals surface area contributed by atoms with E-state index < -0.39 is 0 Å². The second-order valence-electron chi connectivity index (χ2n) is 7.04. The maximum absolute atomic E-state index is 11.3. The summed E-state index contributed by atoms with van der Waals surface area (Å²) < 4.78 is 11.1. The van der Waals surface area contributed by atoms with Gasteiger partial charge in [-0.05, 0) is 57.4 Å². The summed E-state index contributed by atoms with van der Waals surface area (Å²) in [5.74, 6) is 0.775. The second kappa shape index (κ2) is 10.0. The molecular formula is C22H29NO3. The molecule has 0 saturated heterocycles. The zero-order valence-electron chi connectivity index (χ0n) is 15.9. The van der Waals surface area contributed by atoms with Gasteiger partial charge in [-0.25, -0.2) is 0 Å². The van der Waals surface area contributed by atoms with Crippen LogP contribution in [0.1, 0.15) is 76.3 Å². The number of ether oxygens (including phenoxy) is 2. The highest BCUT2D eigenvalue weighted by atomic mass is 16.5. The lowest BCUT2D eigenvalue weighted by Gasteiger charge is -2.31. The van der Waals surface area contributed by atoms with Crippen molar-refractivity contribution in [2.75, 3.05) is 6.61 Å². The second-order valence-corrected chi connectivity index (χ2v) is 7.04. The smallest absolute Gasteiger partial charge is 0.305 e. The molecule has 4 heteroatoms. The third-order valence-corrected chi connectivity index (χ3v) is 4.71. The minimum absolute atomic E-state index is 0.0798. The Kier molecular flexibility index (Phi) is 7.72. The number of hydrogen-bond acceptors (Lipinski definition) is 4. The number of nitrogens with zero attached hydrogens (tertiary/aromatic N) is 1. The normalized spacial score (nSPS) is 17.9. The highest BCUT2D eigenvalue weighted by Gasteiger charge is 2.26. The molecule has 0 radical (unpaired) electrons. The maximum atomic E-state index is 11.3. The van der Waals surface area contributed by atoms with E-state index >= 15 is 0 Å². The number of unbranched alkanes of at least 4 members (excludes halogenated alkanes) is 5. The molecule has 0 spiro atoms. The molecule has 0 N–H and O–H groups in total. The van der Waals surface area contributed by atoms with Crippen LogP contribution in [0.2, 0.25) is 0 Å². The first-order valence-electron chi connectivity index (χ1n) is 9.64. The summed E-state index contributed by atoms with van der Waals surface area (Å²) in [6.07, 6.45) is 12.3. The van der Waals surface area contributed by atoms with Crippen molar-refractivity contribution >= 4 is 12.0 Å². The molecular weight excluding hydrogens is 326 g/mol. The Balaban J connectivity index is 1.63. The fourth-order valence-corrected chi connectivity index (χ4v) is 3.21. The standard InChI is InChI=1S/C22H29NO3/c1-3-25-21(24)10-8-6-4-5-7-9-14-22(2)15-13-19-16-18(17-23)11-12-20(19)26-22/h11-13,15-16H,3-10,14H2,1-2H3. The van der Waals surface area contributed by atoms with Crippen LogP contribution in [0, 0.1) is 11.3 Å². The molecule has 1 aromatic rings. The van der Waals surface area contributed by atoms with E-state index in [1.807, 2.05) is 19.1 Å². The molecule has 1 unspecified atom stereocenters. The van der Waals surface area contributed by atoms with Gasteiger partial charge in [0.25, 0.3) is 0 Å². The minimum Gasteiger partial charge on any atom is -0.483 e. The van der Waals surface area contributed by atoms with E-state index in [1.54, 1.807) is 6.07 Å². The van der Waals surface area contributed by atoms with Crippen LogP contribution < -0.4 is 4.74 Å². The highest BCUT2D eigenvalue weighted by molar-refractivity contribution is 5.69. The fourth-order valence-electron chi connectivity index (χ4n) is 3.21. The summed E-state index contributed by atoms with van der Waals surface area (Å²) in [4.78, 5) is 11.3. The average molecular weight is 355 g/mol. The summed E-state index contributed by atoms with van der Waals surface area (Å²) in [5.41, 5.74) is 1.36.